The Hall–Kier alpha value is -0.310. The van der Waals surface area contributed by atoms with Crippen LogP contribution >= 0.6 is 23.1 Å². The van der Waals surface area contributed by atoms with Crippen molar-refractivity contribution < 1.29 is 8.42 Å². The number of nitrogens with zero attached hydrogens (tertiary/aromatic N) is 1. The molecule has 2 atom stereocenters. The molecule has 1 aromatic rings. The molecule has 0 spiro atoms. The van der Waals surface area contributed by atoms with Crippen LogP contribution in [0.5, 0.6) is 0 Å². The molecule has 0 unspecified atom stereocenters. The van der Waals surface area contributed by atoms with Crippen LogP contribution in [0.4, 0.5) is 5.13 Å². The standard InChI is InChI=1S/C11H19N3O2S3/c1-2-17-9-6-4-3-5-8(9)14-11-13-7-10(18-11)19(12,15)16/h7-9H,2-6H2,1H3,(H,13,14)(H2,12,15,16)/t8-,9-/m1/s1. The summed E-state index contributed by atoms with van der Waals surface area (Å²) in [4.78, 5) is 4.11. The molecule has 19 heavy (non-hydrogen) atoms. The van der Waals surface area contributed by atoms with Gasteiger partial charge in [0.25, 0.3) is 0 Å². The van der Waals surface area contributed by atoms with E-state index in [2.05, 4.69) is 17.2 Å². The normalized spacial score (nSPS) is 24.3. The molecule has 1 aliphatic rings. The highest BCUT2D eigenvalue weighted by atomic mass is 32.2. The maximum absolute atomic E-state index is 11.2. The van der Waals surface area contributed by atoms with Crippen molar-refractivity contribution >= 4 is 38.3 Å². The fraction of sp³-hybridized carbons (Fsp3) is 0.727. The first-order valence-electron chi connectivity index (χ1n) is 6.37. The van der Waals surface area contributed by atoms with E-state index in [1.165, 1.54) is 25.5 Å². The fourth-order valence-corrected chi connectivity index (χ4v) is 5.00. The van der Waals surface area contributed by atoms with Crippen molar-refractivity contribution in [3.63, 3.8) is 0 Å². The molecule has 0 aromatic carbocycles. The van der Waals surface area contributed by atoms with E-state index in [0.717, 1.165) is 23.5 Å². The summed E-state index contributed by atoms with van der Waals surface area (Å²) in [6.45, 7) is 2.17. The SMILES string of the molecule is CCS[C@@H]1CCCC[C@H]1Nc1ncc(S(N)(=O)=O)s1. The summed E-state index contributed by atoms with van der Waals surface area (Å²) in [5, 5.41) is 9.70. The van der Waals surface area contributed by atoms with Gasteiger partial charge in [0.1, 0.15) is 0 Å². The Bertz CT molecular complexity index is 513. The van der Waals surface area contributed by atoms with E-state index in [1.807, 2.05) is 11.8 Å². The third kappa shape index (κ3) is 4.08. The van der Waals surface area contributed by atoms with E-state index >= 15 is 0 Å². The summed E-state index contributed by atoms with van der Waals surface area (Å²) in [6, 6.07) is 0.373. The Morgan fingerprint density at radius 1 is 1.53 bits per heavy atom. The number of aromatic nitrogens is 1. The van der Waals surface area contributed by atoms with Crippen LogP contribution in [0.3, 0.4) is 0 Å². The molecular weight excluding hydrogens is 302 g/mol. The Morgan fingerprint density at radius 2 is 2.26 bits per heavy atom. The van der Waals surface area contributed by atoms with Gasteiger partial charge >= 0.3 is 0 Å². The van der Waals surface area contributed by atoms with E-state index in [4.69, 9.17) is 5.14 Å². The van der Waals surface area contributed by atoms with E-state index in [-0.39, 0.29) is 4.21 Å². The minimum absolute atomic E-state index is 0.116. The van der Waals surface area contributed by atoms with Crippen LogP contribution in [0.25, 0.3) is 0 Å². The Balaban J connectivity index is 2.04. The van der Waals surface area contributed by atoms with Crippen molar-refractivity contribution in [2.75, 3.05) is 11.1 Å². The first kappa shape index (κ1) is 15.1. The minimum Gasteiger partial charge on any atom is -0.358 e. The molecule has 0 saturated heterocycles. The lowest BCUT2D eigenvalue weighted by atomic mass is 9.95. The van der Waals surface area contributed by atoms with E-state index in [9.17, 15) is 8.42 Å². The number of sulfonamides is 1. The van der Waals surface area contributed by atoms with Gasteiger partial charge < -0.3 is 5.32 Å². The number of thioether (sulfide) groups is 1. The van der Waals surface area contributed by atoms with Crippen molar-refractivity contribution in [3.05, 3.63) is 6.20 Å². The van der Waals surface area contributed by atoms with Gasteiger partial charge in [0.2, 0.25) is 10.0 Å². The average Bonchev–Trinajstić information content (AvgIpc) is 2.80. The second kappa shape index (κ2) is 6.43. The minimum atomic E-state index is -3.64. The molecule has 1 fully saturated rings. The summed E-state index contributed by atoms with van der Waals surface area (Å²) in [5.41, 5.74) is 0. The van der Waals surface area contributed by atoms with E-state index in [1.54, 1.807) is 0 Å². The van der Waals surface area contributed by atoms with Gasteiger partial charge in [-0.15, -0.1) is 0 Å². The molecule has 8 heteroatoms. The lowest BCUT2D eigenvalue weighted by Crippen LogP contribution is -2.34. The van der Waals surface area contributed by atoms with Crippen LogP contribution in [0.15, 0.2) is 10.4 Å². The molecule has 1 aromatic heterocycles. The highest BCUT2D eigenvalue weighted by molar-refractivity contribution is 7.99. The molecule has 3 N–H and O–H groups in total. The van der Waals surface area contributed by atoms with E-state index in [0.29, 0.717) is 16.4 Å². The molecule has 108 valence electrons. The average molecular weight is 321 g/mol. The number of hydrogen-bond acceptors (Lipinski definition) is 6. The zero-order chi connectivity index (χ0) is 13.9. The topological polar surface area (TPSA) is 85.1 Å². The van der Waals surface area contributed by atoms with Crippen LogP contribution in [-0.4, -0.2) is 30.4 Å². The number of nitrogens with two attached hydrogens (primary N) is 1. The third-order valence-electron chi connectivity index (χ3n) is 3.16. The monoisotopic (exact) mass is 321 g/mol. The van der Waals surface area contributed by atoms with Crippen LogP contribution in [0, 0.1) is 0 Å². The second-order valence-corrected chi connectivity index (χ2v) is 8.89. The summed E-state index contributed by atoms with van der Waals surface area (Å²) in [6.07, 6.45) is 6.14. The maximum Gasteiger partial charge on any atom is 0.249 e. The van der Waals surface area contributed by atoms with Gasteiger partial charge in [-0.1, -0.05) is 31.1 Å². The molecule has 2 rings (SSSR count). The number of rotatable bonds is 5. The predicted molar refractivity (Wildman–Crippen MR) is 81.3 cm³/mol. The zero-order valence-corrected chi connectivity index (χ0v) is 13.3. The summed E-state index contributed by atoms with van der Waals surface area (Å²) < 4.78 is 22.6. The smallest absolute Gasteiger partial charge is 0.249 e. The predicted octanol–water partition coefficient (Wildman–Crippen LogP) is 2.27. The number of thiazole rings is 1. The summed E-state index contributed by atoms with van der Waals surface area (Å²) in [7, 11) is -3.64. The molecule has 0 bridgehead atoms. The quantitative estimate of drug-likeness (QED) is 0.869. The lowest BCUT2D eigenvalue weighted by molar-refractivity contribution is 0.474. The molecule has 5 nitrogen and oxygen atoms in total. The van der Waals surface area contributed by atoms with Crippen LogP contribution in [-0.2, 0) is 10.0 Å². The lowest BCUT2D eigenvalue weighted by Gasteiger charge is -2.31. The molecule has 1 saturated carbocycles. The van der Waals surface area contributed by atoms with Gasteiger partial charge in [-0.25, -0.2) is 18.5 Å². The van der Waals surface area contributed by atoms with Gasteiger partial charge in [-0.2, -0.15) is 11.8 Å². The van der Waals surface area contributed by atoms with Gasteiger partial charge in [0, 0.05) is 11.3 Å². The Kier molecular flexibility index (Phi) is 5.10. The molecule has 0 radical (unpaired) electrons. The van der Waals surface area contributed by atoms with Crippen LogP contribution in [0.1, 0.15) is 32.6 Å². The molecular formula is C11H19N3O2S3. The Morgan fingerprint density at radius 3 is 2.89 bits per heavy atom. The first-order chi connectivity index (χ1) is 9.00. The molecule has 1 aliphatic carbocycles. The molecule has 1 heterocycles. The van der Waals surface area contributed by atoms with Crippen molar-refractivity contribution in [1.82, 2.24) is 4.98 Å². The molecule has 0 amide bonds. The largest absolute Gasteiger partial charge is 0.358 e. The fourth-order valence-electron chi connectivity index (χ4n) is 2.29. The van der Waals surface area contributed by atoms with Gasteiger partial charge in [0.15, 0.2) is 9.34 Å². The van der Waals surface area contributed by atoms with Crippen LogP contribution in [0.2, 0.25) is 0 Å². The second-order valence-electron chi connectivity index (χ2n) is 4.56. The van der Waals surface area contributed by atoms with Gasteiger partial charge in [-0.3, -0.25) is 0 Å². The van der Waals surface area contributed by atoms with Crippen molar-refractivity contribution in [2.45, 2.75) is 48.1 Å². The number of primary sulfonamides is 1. The van der Waals surface area contributed by atoms with E-state index < -0.39 is 10.0 Å². The summed E-state index contributed by atoms with van der Waals surface area (Å²) in [5.74, 6) is 1.10. The van der Waals surface area contributed by atoms with Crippen molar-refractivity contribution in [3.8, 4) is 0 Å². The van der Waals surface area contributed by atoms with Gasteiger partial charge in [-0.05, 0) is 18.6 Å². The maximum atomic E-state index is 11.2. The van der Waals surface area contributed by atoms with Gasteiger partial charge in [0.05, 0.1) is 6.20 Å². The molecule has 0 aliphatic heterocycles. The van der Waals surface area contributed by atoms with Crippen molar-refractivity contribution in [2.24, 2.45) is 5.14 Å². The van der Waals surface area contributed by atoms with Crippen LogP contribution < -0.4 is 10.5 Å². The number of hydrogen-bond donors (Lipinski definition) is 2. The number of nitrogens with one attached hydrogen (secondary N) is 1. The highest BCUT2D eigenvalue weighted by Crippen LogP contribution is 2.32. The number of anilines is 1. The highest BCUT2D eigenvalue weighted by Gasteiger charge is 2.26. The third-order valence-corrected chi connectivity index (χ3v) is 6.82. The Labute approximate surface area is 122 Å². The zero-order valence-electron chi connectivity index (χ0n) is 10.8. The first-order valence-corrected chi connectivity index (χ1v) is 9.78. The summed E-state index contributed by atoms with van der Waals surface area (Å²) >= 11 is 3.07. The van der Waals surface area contributed by atoms with Crippen molar-refractivity contribution in [1.29, 1.82) is 0 Å².